The molecule has 1 amide bonds. The molecule has 2 rings (SSSR count). The predicted octanol–water partition coefficient (Wildman–Crippen LogP) is 2.41. The first-order chi connectivity index (χ1) is 10.1. The number of hydrogen-bond donors (Lipinski definition) is 1. The SMILES string of the molecule is COc1cccc(-c2noc(CNC(=O)CC(C)C)n2)c1. The molecular formula is C15H19N3O3. The van der Waals surface area contributed by atoms with E-state index in [2.05, 4.69) is 15.5 Å². The van der Waals surface area contributed by atoms with Crippen LogP contribution in [0.3, 0.4) is 0 Å². The Morgan fingerprint density at radius 2 is 2.24 bits per heavy atom. The maximum atomic E-state index is 11.6. The van der Waals surface area contributed by atoms with Crippen LogP contribution in [0.25, 0.3) is 11.4 Å². The molecule has 2 aromatic rings. The number of hydrogen-bond acceptors (Lipinski definition) is 5. The molecule has 0 saturated carbocycles. The van der Waals surface area contributed by atoms with Gasteiger partial charge in [0, 0.05) is 12.0 Å². The fourth-order valence-corrected chi connectivity index (χ4v) is 1.82. The van der Waals surface area contributed by atoms with Crippen LogP contribution in [0.5, 0.6) is 5.75 Å². The van der Waals surface area contributed by atoms with Crippen LogP contribution in [0, 0.1) is 5.92 Å². The molecule has 6 heteroatoms. The fraction of sp³-hybridized carbons (Fsp3) is 0.400. The van der Waals surface area contributed by atoms with E-state index in [0.29, 0.717) is 24.1 Å². The summed E-state index contributed by atoms with van der Waals surface area (Å²) in [6.07, 6.45) is 0.483. The van der Waals surface area contributed by atoms with E-state index in [1.54, 1.807) is 7.11 Å². The van der Waals surface area contributed by atoms with Gasteiger partial charge in [0.1, 0.15) is 5.75 Å². The summed E-state index contributed by atoms with van der Waals surface area (Å²) in [7, 11) is 1.60. The first-order valence-corrected chi connectivity index (χ1v) is 6.82. The molecule has 0 aliphatic heterocycles. The van der Waals surface area contributed by atoms with Crippen molar-refractivity contribution in [3.05, 3.63) is 30.2 Å². The van der Waals surface area contributed by atoms with Gasteiger partial charge >= 0.3 is 0 Å². The van der Waals surface area contributed by atoms with Crippen LogP contribution in [-0.2, 0) is 11.3 Å². The molecule has 1 aromatic carbocycles. The van der Waals surface area contributed by atoms with Crippen LogP contribution in [0.1, 0.15) is 26.2 Å². The molecule has 0 spiro atoms. The van der Waals surface area contributed by atoms with E-state index in [9.17, 15) is 4.79 Å². The standard InChI is InChI=1S/C15H19N3O3/c1-10(2)7-13(19)16-9-14-17-15(18-21-14)11-5-4-6-12(8-11)20-3/h4-6,8,10H,7,9H2,1-3H3,(H,16,19). The zero-order valence-corrected chi connectivity index (χ0v) is 12.4. The van der Waals surface area contributed by atoms with E-state index in [-0.39, 0.29) is 12.5 Å². The Morgan fingerprint density at radius 3 is 2.95 bits per heavy atom. The van der Waals surface area contributed by atoms with Gasteiger partial charge in [-0.25, -0.2) is 0 Å². The highest BCUT2D eigenvalue weighted by atomic mass is 16.5. The van der Waals surface area contributed by atoms with Gasteiger partial charge in [-0.15, -0.1) is 0 Å². The van der Waals surface area contributed by atoms with Crippen LogP contribution in [0.15, 0.2) is 28.8 Å². The minimum absolute atomic E-state index is 0.0221. The molecule has 0 bridgehead atoms. The van der Waals surface area contributed by atoms with Gasteiger partial charge in [0.25, 0.3) is 0 Å². The molecule has 0 fully saturated rings. The van der Waals surface area contributed by atoms with Crippen LogP contribution < -0.4 is 10.1 Å². The van der Waals surface area contributed by atoms with E-state index < -0.39 is 0 Å². The first-order valence-electron chi connectivity index (χ1n) is 6.82. The Balaban J connectivity index is 1.99. The third-order valence-electron chi connectivity index (χ3n) is 2.83. The Morgan fingerprint density at radius 1 is 1.43 bits per heavy atom. The van der Waals surface area contributed by atoms with E-state index in [0.717, 1.165) is 11.3 Å². The topological polar surface area (TPSA) is 77.3 Å². The monoisotopic (exact) mass is 289 g/mol. The molecule has 1 aromatic heterocycles. The number of benzene rings is 1. The average molecular weight is 289 g/mol. The number of nitrogens with one attached hydrogen (secondary N) is 1. The summed E-state index contributed by atoms with van der Waals surface area (Å²) in [5, 5.41) is 6.67. The summed E-state index contributed by atoms with van der Waals surface area (Å²) in [6, 6.07) is 7.39. The van der Waals surface area contributed by atoms with Crippen molar-refractivity contribution in [2.24, 2.45) is 5.92 Å². The number of nitrogens with zero attached hydrogens (tertiary/aromatic N) is 2. The molecule has 0 saturated heterocycles. The molecule has 0 aliphatic rings. The highest BCUT2D eigenvalue weighted by Gasteiger charge is 2.11. The molecule has 0 radical (unpaired) electrons. The van der Waals surface area contributed by atoms with Gasteiger partial charge in [0.05, 0.1) is 13.7 Å². The number of carbonyl (C=O) groups excluding carboxylic acids is 1. The zero-order valence-electron chi connectivity index (χ0n) is 12.4. The largest absolute Gasteiger partial charge is 0.497 e. The lowest BCUT2D eigenvalue weighted by Crippen LogP contribution is -2.24. The number of ether oxygens (including phenoxy) is 1. The molecule has 6 nitrogen and oxygen atoms in total. The number of carbonyl (C=O) groups is 1. The summed E-state index contributed by atoms with van der Waals surface area (Å²) < 4.78 is 10.3. The number of aromatic nitrogens is 2. The molecule has 0 atom stereocenters. The van der Waals surface area contributed by atoms with Crippen LogP contribution >= 0.6 is 0 Å². The van der Waals surface area contributed by atoms with Crippen molar-refractivity contribution in [3.8, 4) is 17.1 Å². The summed E-state index contributed by atoms with van der Waals surface area (Å²) in [5.74, 6) is 1.88. The van der Waals surface area contributed by atoms with Gasteiger partial charge in [-0.3, -0.25) is 4.79 Å². The smallest absolute Gasteiger partial charge is 0.246 e. The minimum atomic E-state index is -0.0221. The summed E-state index contributed by atoms with van der Waals surface area (Å²) >= 11 is 0. The second kappa shape index (κ2) is 6.88. The van der Waals surface area contributed by atoms with Gasteiger partial charge in [-0.2, -0.15) is 4.98 Å². The molecular weight excluding hydrogens is 270 g/mol. The molecule has 21 heavy (non-hydrogen) atoms. The fourth-order valence-electron chi connectivity index (χ4n) is 1.82. The third kappa shape index (κ3) is 4.30. The Hall–Kier alpha value is -2.37. The number of amides is 1. The predicted molar refractivity (Wildman–Crippen MR) is 77.6 cm³/mol. The first kappa shape index (κ1) is 15.0. The molecule has 1 N–H and O–H groups in total. The summed E-state index contributed by atoms with van der Waals surface area (Å²) in [5.41, 5.74) is 0.804. The van der Waals surface area contributed by atoms with Gasteiger partial charge in [-0.05, 0) is 18.1 Å². The van der Waals surface area contributed by atoms with Gasteiger partial charge in [-0.1, -0.05) is 31.1 Å². The van der Waals surface area contributed by atoms with Crippen LogP contribution in [0.4, 0.5) is 0 Å². The number of rotatable bonds is 6. The van der Waals surface area contributed by atoms with Crippen molar-refractivity contribution in [1.82, 2.24) is 15.5 Å². The quantitative estimate of drug-likeness (QED) is 0.883. The maximum Gasteiger partial charge on any atom is 0.246 e. The minimum Gasteiger partial charge on any atom is -0.497 e. The van der Waals surface area contributed by atoms with E-state index in [4.69, 9.17) is 9.26 Å². The van der Waals surface area contributed by atoms with Crippen LogP contribution in [-0.4, -0.2) is 23.2 Å². The molecule has 1 heterocycles. The van der Waals surface area contributed by atoms with Gasteiger partial charge < -0.3 is 14.6 Å². The van der Waals surface area contributed by atoms with Crippen molar-refractivity contribution in [2.45, 2.75) is 26.8 Å². The Kier molecular flexibility index (Phi) is 4.92. The van der Waals surface area contributed by atoms with E-state index in [1.807, 2.05) is 38.1 Å². The van der Waals surface area contributed by atoms with Crippen molar-refractivity contribution in [1.29, 1.82) is 0 Å². The Bertz CT molecular complexity index is 608. The van der Waals surface area contributed by atoms with Crippen LogP contribution in [0.2, 0.25) is 0 Å². The summed E-state index contributed by atoms with van der Waals surface area (Å²) in [4.78, 5) is 15.8. The van der Waals surface area contributed by atoms with E-state index in [1.165, 1.54) is 0 Å². The van der Waals surface area contributed by atoms with Crippen molar-refractivity contribution in [2.75, 3.05) is 7.11 Å². The summed E-state index contributed by atoms with van der Waals surface area (Å²) in [6.45, 7) is 4.23. The van der Waals surface area contributed by atoms with Crippen molar-refractivity contribution < 1.29 is 14.1 Å². The normalized spacial score (nSPS) is 10.7. The average Bonchev–Trinajstić information content (AvgIpc) is 2.93. The van der Waals surface area contributed by atoms with Crippen molar-refractivity contribution >= 4 is 5.91 Å². The lowest BCUT2D eigenvalue weighted by molar-refractivity contribution is -0.122. The molecule has 0 aliphatic carbocycles. The van der Waals surface area contributed by atoms with E-state index >= 15 is 0 Å². The lowest BCUT2D eigenvalue weighted by Gasteiger charge is -2.04. The molecule has 0 unspecified atom stereocenters. The van der Waals surface area contributed by atoms with Gasteiger partial charge in [0.15, 0.2) is 0 Å². The lowest BCUT2D eigenvalue weighted by atomic mass is 10.1. The zero-order chi connectivity index (χ0) is 15.2. The third-order valence-corrected chi connectivity index (χ3v) is 2.83. The highest BCUT2D eigenvalue weighted by Crippen LogP contribution is 2.21. The van der Waals surface area contributed by atoms with Gasteiger partial charge in [0.2, 0.25) is 17.6 Å². The maximum absolute atomic E-state index is 11.6. The van der Waals surface area contributed by atoms with Crippen molar-refractivity contribution in [3.63, 3.8) is 0 Å². The number of methoxy groups -OCH3 is 1. The second-order valence-corrected chi connectivity index (χ2v) is 5.12. The highest BCUT2D eigenvalue weighted by molar-refractivity contribution is 5.75. The Labute approximate surface area is 123 Å². The second-order valence-electron chi connectivity index (χ2n) is 5.12. The molecule has 112 valence electrons.